The molecule has 0 bridgehead atoms. The summed E-state index contributed by atoms with van der Waals surface area (Å²) >= 11 is 0. The van der Waals surface area contributed by atoms with E-state index in [2.05, 4.69) is 96.4 Å². The third-order valence-electron chi connectivity index (χ3n) is 8.60. The molecule has 0 saturated heterocycles. The van der Waals surface area contributed by atoms with E-state index >= 15 is 0 Å². The van der Waals surface area contributed by atoms with E-state index in [0.29, 0.717) is 17.1 Å². The molecule has 2 aliphatic heterocycles. The van der Waals surface area contributed by atoms with Gasteiger partial charge in [-0.05, 0) is 67.4 Å². The summed E-state index contributed by atoms with van der Waals surface area (Å²) < 4.78 is 13.1. The van der Waals surface area contributed by atoms with Gasteiger partial charge in [-0.2, -0.15) is 0 Å². The molecule has 5 nitrogen and oxygen atoms in total. The number of hydrogen-bond donors (Lipinski definition) is 0. The number of esters is 1. The Bertz CT molecular complexity index is 1740. The number of carbonyl (C=O) groups excluding carboxylic acids is 1. The lowest BCUT2D eigenvalue weighted by molar-refractivity contribution is 0.0224. The van der Waals surface area contributed by atoms with Gasteiger partial charge in [0.2, 0.25) is 0 Å². The smallest absolute Gasteiger partial charge is 0.340 e. The van der Waals surface area contributed by atoms with Gasteiger partial charge in [-0.3, -0.25) is 0 Å². The van der Waals surface area contributed by atoms with E-state index < -0.39 is 5.60 Å². The highest BCUT2D eigenvalue weighted by Gasteiger charge is 2.53. The molecule has 0 aliphatic carbocycles. The van der Waals surface area contributed by atoms with E-state index in [1.807, 2.05) is 48.5 Å². The van der Waals surface area contributed by atoms with Gasteiger partial charge in [-0.25, -0.2) is 4.79 Å². The van der Waals surface area contributed by atoms with Crippen molar-refractivity contribution >= 4 is 17.3 Å². The fourth-order valence-electron chi connectivity index (χ4n) is 6.47. The number of nitrogens with zero attached hydrogens (tertiary/aromatic N) is 2. The first-order chi connectivity index (χ1) is 21.1. The van der Waals surface area contributed by atoms with Crippen molar-refractivity contribution in [3.63, 3.8) is 0 Å². The Morgan fingerprint density at radius 2 is 1.09 bits per heavy atom. The van der Waals surface area contributed by atoms with Gasteiger partial charge in [0.05, 0.1) is 5.56 Å². The fourth-order valence-corrected chi connectivity index (χ4v) is 6.47. The molecule has 1 spiro atoms. The van der Waals surface area contributed by atoms with Crippen molar-refractivity contribution in [2.45, 2.75) is 32.5 Å². The molecule has 2 aliphatic rings. The van der Waals surface area contributed by atoms with Crippen molar-refractivity contribution in [3.05, 3.63) is 155 Å². The summed E-state index contributed by atoms with van der Waals surface area (Å²) in [7, 11) is 0. The zero-order valence-electron chi connectivity index (χ0n) is 24.5. The molecule has 0 aromatic heterocycles. The van der Waals surface area contributed by atoms with Crippen molar-refractivity contribution in [1.29, 1.82) is 0 Å². The van der Waals surface area contributed by atoms with Crippen LogP contribution in [0, 0.1) is 0 Å². The van der Waals surface area contributed by atoms with Crippen LogP contribution in [0.2, 0.25) is 0 Å². The van der Waals surface area contributed by atoms with Gasteiger partial charge < -0.3 is 19.3 Å². The highest BCUT2D eigenvalue weighted by Crippen LogP contribution is 2.57. The maximum atomic E-state index is 13.5. The van der Waals surface area contributed by atoms with E-state index in [4.69, 9.17) is 9.47 Å². The third-order valence-corrected chi connectivity index (χ3v) is 8.60. The highest BCUT2D eigenvalue weighted by atomic mass is 16.6. The van der Waals surface area contributed by atoms with Gasteiger partial charge in [0.1, 0.15) is 11.5 Å². The molecule has 1 atom stereocenters. The number of hydrogen-bond acceptors (Lipinski definition) is 5. The average molecular weight is 567 g/mol. The van der Waals surface area contributed by atoms with Crippen LogP contribution in [-0.4, -0.2) is 19.1 Å². The van der Waals surface area contributed by atoms with Crippen LogP contribution in [0.1, 0.15) is 52.0 Å². The van der Waals surface area contributed by atoms with Crippen molar-refractivity contribution in [1.82, 2.24) is 0 Å². The molecular formula is C38H34N2O3. The predicted molar refractivity (Wildman–Crippen MR) is 171 cm³/mol. The molecular weight excluding hydrogens is 532 g/mol. The molecule has 5 aromatic carbocycles. The van der Waals surface area contributed by atoms with Gasteiger partial charge in [-0.15, -0.1) is 0 Å². The number of anilines is 2. The van der Waals surface area contributed by atoms with Crippen molar-refractivity contribution in [2.75, 3.05) is 22.9 Å². The lowest BCUT2D eigenvalue weighted by Gasteiger charge is -2.38. The molecule has 5 heteroatoms. The molecule has 0 amide bonds. The maximum Gasteiger partial charge on any atom is 0.340 e. The lowest BCUT2D eigenvalue weighted by Crippen LogP contribution is -2.34. The Morgan fingerprint density at radius 3 is 1.65 bits per heavy atom. The molecule has 0 radical (unpaired) electrons. The summed E-state index contributed by atoms with van der Waals surface area (Å²) in [5.41, 5.74) is 6.52. The lowest BCUT2D eigenvalue weighted by atomic mass is 9.77. The molecule has 0 saturated carbocycles. The predicted octanol–water partition coefficient (Wildman–Crippen LogP) is 8.31. The van der Waals surface area contributed by atoms with E-state index in [-0.39, 0.29) is 5.97 Å². The molecule has 0 N–H and O–H groups in total. The first-order valence-corrected chi connectivity index (χ1v) is 15.0. The quantitative estimate of drug-likeness (QED) is 0.177. The standard InChI is InChI=1S/C38H34N2O3/c1-3-39(4-2)29-19-21-35-33(23-29)38(32-18-12-11-17-31(32)37(41)43-38)34-24-30(20-22-36(34)42-35)40(25-27-13-7-5-8-14-27)26-28-15-9-6-10-16-28/h5-24H,3-4,25-26H2,1-2H3. The number of carbonyl (C=O) groups is 1. The van der Waals surface area contributed by atoms with Crippen LogP contribution in [0.25, 0.3) is 0 Å². The second-order valence-electron chi connectivity index (χ2n) is 11.1. The van der Waals surface area contributed by atoms with Crippen LogP contribution in [0.5, 0.6) is 11.5 Å². The average Bonchev–Trinajstić information content (AvgIpc) is 3.35. The van der Waals surface area contributed by atoms with Gasteiger partial charge in [0.25, 0.3) is 0 Å². The highest BCUT2D eigenvalue weighted by molar-refractivity contribution is 5.97. The molecule has 1 unspecified atom stereocenters. The van der Waals surface area contributed by atoms with E-state index in [1.165, 1.54) is 11.1 Å². The van der Waals surface area contributed by atoms with Crippen LogP contribution in [0.15, 0.2) is 121 Å². The summed E-state index contributed by atoms with van der Waals surface area (Å²) in [6.07, 6.45) is 0. The van der Waals surface area contributed by atoms with Crippen molar-refractivity contribution < 1.29 is 14.3 Å². The van der Waals surface area contributed by atoms with Crippen LogP contribution >= 0.6 is 0 Å². The van der Waals surface area contributed by atoms with Crippen LogP contribution < -0.4 is 14.5 Å². The number of ether oxygens (including phenoxy) is 2. The molecule has 7 rings (SSSR count). The monoisotopic (exact) mass is 566 g/mol. The third kappa shape index (κ3) is 4.62. The summed E-state index contributed by atoms with van der Waals surface area (Å²) in [6, 6.07) is 41.3. The van der Waals surface area contributed by atoms with E-state index in [0.717, 1.165) is 54.2 Å². The van der Waals surface area contributed by atoms with E-state index in [9.17, 15) is 4.79 Å². The summed E-state index contributed by atoms with van der Waals surface area (Å²) in [4.78, 5) is 18.2. The zero-order chi connectivity index (χ0) is 29.4. The van der Waals surface area contributed by atoms with Gasteiger partial charge in [0.15, 0.2) is 5.60 Å². The first-order valence-electron chi connectivity index (χ1n) is 15.0. The number of fused-ring (bicyclic) bond motifs is 6. The minimum absolute atomic E-state index is 0.321. The molecule has 0 fully saturated rings. The zero-order valence-corrected chi connectivity index (χ0v) is 24.5. The van der Waals surface area contributed by atoms with Crippen molar-refractivity contribution in [2.24, 2.45) is 0 Å². The second-order valence-corrected chi connectivity index (χ2v) is 11.1. The van der Waals surface area contributed by atoms with Gasteiger partial charge in [0, 0.05) is 54.2 Å². The summed E-state index contributed by atoms with van der Waals surface area (Å²) in [5, 5.41) is 0. The number of benzene rings is 5. The number of rotatable bonds is 8. The van der Waals surface area contributed by atoms with Crippen LogP contribution in [-0.2, 0) is 23.4 Å². The van der Waals surface area contributed by atoms with Gasteiger partial charge >= 0.3 is 5.97 Å². The Balaban J connectivity index is 1.41. The topological polar surface area (TPSA) is 42.0 Å². The Hall–Kier alpha value is -5.03. The van der Waals surface area contributed by atoms with Crippen LogP contribution in [0.4, 0.5) is 11.4 Å². The largest absolute Gasteiger partial charge is 0.456 e. The van der Waals surface area contributed by atoms with Crippen molar-refractivity contribution in [3.8, 4) is 11.5 Å². The molecule has 2 heterocycles. The minimum Gasteiger partial charge on any atom is -0.456 e. The first kappa shape index (κ1) is 26.8. The molecule has 5 aromatic rings. The fraction of sp³-hybridized carbons (Fsp3) is 0.184. The van der Waals surface area contributed by atoms with Gasteiger partial charge in [-0.1, -0.05) is 78.9 Å². The summed E-state index contributed by atoms with van der Waals surface area (Å²) in [5.74, 6) is 1.07. The normalized spacial score (nSPS) is 16.1. The molecule has 43 heavy (non-hydrogen) atoms. The Morgan fingerprint density at radius 1 is 0.581 bits per heavy atom. The maximum absolute atomic E-state index is 13.5. The van der Waals surface area contributed by atoms with Crippen LogP contribution in [0.3, 0.4) is 0 Å². The SMILES string of the molecule is CCN(CC)c1ccc2c(c1)C1(OC(=O)c3ccccc31)c1cc(N(Cc3ccccc3)Cc3ccccc3)ccc1O2. The molecule has 214 valence electrons. The Kier molecular flexibility index (Phi) is 6.86. The van der Waals surface area contributed by atoms with E-state index in [1.54, 1.807) is 0 Å². The minimum atomic E-state index is -1.12. The summed E-state index contributed by atoms with van der Waals surface area (Å²) in [6.45, 7) is 7.48. The second kappa shape index (κ2) is 11.0. The Labute approximate surface area is 252 Å².